The van der Waals surface area contributed by atoms with Crippen LogP contribution >= 0.6 is 12.2 Å². The van der Waals surface area contributed by atoms with Crippen molar-refractivity contribution in [2.75, 3.05) is 41.0 Å². The number of aryl methyl sites for hydroxylation is 1. The molecule has 2 heterocycles. The Kier molecular flexibility index (Phi) is 6.85. The number of aromatic amines is 1. The van der Waals surface area contributed by atoms with Crippen LogP contribution in [0.25, 0.3) is 10.9 Å². The van der Waals surface area contributed by atoms with E-state index in [-0.39, 0.29) is 11.6 Å². The number of ether oxygens (including phenoxy) is 3. The Morgan fingerprint density at radius 3 is 2.64 bits per heavy atom. The number of nitrogens with zero attached hydrogens (tertiary/aromatic N) is 1. The fraction of sp³-hybridized carbons (Fsp3) is 0.360. The third-order valence-electron chi connectivity index (χ3n) is 6.13. The number of rotatable bonds is 6. The van der Waals surface area contributed by atoms with E-state index >= 15 is 0 Å². The Morgan fingerprint density at radius 1 is 1.15 bits per heavy atom. The molecule has 7 nitrogen and oxygen atoms in total. The maximum absolute atomic E-state index is 13.4. The van der Waals surface area contributed by atoms with Gasteiger partial charge < -0.3 is 29.4 Å². The molecule has 174 valence electrons. The summed E-state index contributed by atoms with van der Waals surface area (Å²) in [6.45, 7) is 3.78. The van der Waals surface area contributed by atoms with Crippen LogP contribution in [0.5, 0.6) is 11.5 Å². The molecule has 33 heavy (non-hydrogen) atoms. The van der Waals surface area contributed by atoms with Crippen molar-refractivity contribution < 1.29 is 14.2 Å². The molecule has 0 bridgehead atoms. The third-order valence-corrected chi connectivity index (χ3v) is 6.51. The lowest BCUT2D eigenvalue weighted by Crippen LogP contribution is -2.47. The Balaban J connectivity index is 1.88. The first-order chi connectivity index (χ1) is 16.0. The van der Waals surface area contributed by atoms with Gasteiger partial charge in [-0.25, -0.2) is 0 Å². The van der Waals surface area contributed by atoms with E-state index in [0.717, 1.165) is 34.0 Å². The number of thiocarbonyl (C=S) groups is 1. The van der Waals surface area contributed by atoms with E-state index in [4.69, 9.17) is 26.4 Å². The van der Waals surface area contributed by atoms with Gasteiger partial charge in [0, 0.05) is 25.8 Å². The highest BCUT2D eigenvalue weighted by molar-refractivity contribution is 7.80. The first kappa shape index (κ1) is 23.1. The maximum Gasteiger partial charge on any atom is 0.254 e. The van der Waals surface area contributed by atoms with Crippen LogP contribution in [0, 0.1) is 6.92 Å². The molecule has 2 aromatic carbocycles. The van der Waals surface area contributed by atoms with Gasteiger partial charge in [-0.1, -0.05) is 18.2 Å². The van der Waals surface area contributed by atoms with Crippen LogP contribution < -0.4 is 20.3 Å². The number of para-hydroxylation sites is 1. The summed E-state index contributed by atoms with van der Waals surface area (Å²) in [6, 6.07) is 11.6. The van der Waals surface area contributed by atoms with E-state index in [1.54, 1.807) is 21.3 Å². The molecule has 0 unspecified atom stereocenters. The van der Waals surface area contributed by atoms with Gasteiger partial charge >= 0.3 is 0 Å². The maximum atomic E-state index is 13.4. The highest BCUT2D eigenvalue weighted by Gasteiger charge is 2.33. The summed E-state index contributed by atoms with van der Waals surface area (Å²) in [7, 11) is 4.89. The third kappa shape index (κ3) is 4.41. The number of pyridine rings is 1. The van der Waals surface area contributed by atoms with E-state index in [1.807, 2.05) is 43.3 Å². The topological polar surface area (TPSA) is 75.8 Å². The molecule has 0 aliphatic carbocycles. The standard InChI is InChI=1S/C25H29N3O4S/c1-15-6-5-7-17-12-19(24(29)27-22(15)17)23-18-14-21(32-4)20(31-3)13-16(18)8-10-28(23)25(33)26-9-11-30-2/h5-7,12-14,23H,8-11H2,1-4H3,(H,26,33)(H,27,29)/t23-/m0/s1. The second kappa shape index (κ2) is 9.80. The quantitative estimate of drug-likeness (QED) is 0.425. The van der Waals surface area contributed by atoms with Crippen LogP contribution in [0.1, 0.15) is 28.3 Å². The van der Waals surface area contributed by atoms with Gasteiger partial charge in [0.05, 0.1) is 32.4 Å². The van der Waals surface area contributed by atoms with Crippen LogP contribution in [0.2, 0.25) is 0 Å². The molecule has 1 atom stereocenters. The number of fused-ring (bicyclic) bond motifs is 2. The molecule has 0 spiro atoms. The zero-order valence-electron chi connectivity index (χ0n) is 19.4. The number of aromatic nitrogens is 1. The summed E-state index contributed by atoms with van der Waals surface area (Å²) in [5.74, 6) is 1.29. The van der Waals surface area contributed by atoms with Crippen molar-refractivity contribution in [3.05, 3.63) is 69.0 Å². The van der Waals surface area contributed by atoms with Gasteiger partial charge in [-0.3, -0.25) is 4.79 Å². The fourth-order valence-electron chi connectivity index (χ4n) is 4.46. The van der Waals surface area contributed by atoms with Crippen LogP contribution in [0.3, 0.4) is 0 Å². The molecule has 8 heteroatoms. The van der Waals surface area contributed by atoms with Crippen LogP contribution in [0.15, 0.2) is 41.2 Å². The average Bonchev–Trinajstić information content (AvgIpc) is 2.82. The van der Waals surface area contributed by atoms with E-state index in [2.05, 4.69) is 15.2 Å². The van der Waals surface area contributed by atoms with Gasteiger partial charge in [-0.2, -0.15) is 0 Å². The Labute approximate surface area is 198 Å². The van der Waals surface area contributed by atoms with Crippen molar-refractivity contribution in [1.82, 2.24) is 15.2 Å². The molecule has 4 rings (SSSR count). The Hall–Kier alpha value is -3.10. The predicted molar refractivity (Wildman–Crippen MR) is 134 cm³/mol. The van der Waals surface area contributed by atoms with Crippen molar-refractivity contribution in [3.63, 3.8) is 0 Å². The minimum atomic E-state index is -0.371. The monoisotopic (exact) mass is 467 g/mol. The van der Waals surface area contributed by atoms with Crippen molar-refractivity contribution in [2.24, 2.45) is 0 Å². The summed E-state index contributed by atoms with van der Waals surface area (Å²) >= 11 is 5.75. The second-order valence-corrected chi connectivity index (χ2v) is 8.46. The molecule has 1 aliphatic heterocycles. The first-order valence-electron chi connectivity index (χ1n) is 10.9. The molecule has 0 amide bonds. The summed E-state index contributed by atoms with van der Waals surface area (Å²) in [4.78, 5) is 18.5. The number of H-pyrrole nitrogens is 1. The van der Waals surface area contributed by atoms with Gasteiger partial charge in [-0.05, 0) is 65.8 Å². The number of methoxy groups -OCH3 is 3. The molecule has 1 aromatic heterocycles. The number of benzene rings is 2. The minimum absolute atomic E-state index is 0.130. The molecule has 0 saturated carbocycles. The zero-order valence-corrected chi connectivity index (χ0v) is 20.2. The summed E-state index contributed by atoms with van der Waals surface area (Å²) in [5.41, 5.74) is 4.47. The molecule has 0 fully saturated rings. The number of hydrogen-bond acceptors (Lipinski definition) is 5. The first-order valence-corrected chi connectivity index (χ1v) is 11.3. The molecule has 3 aromatic rings. The highest BCUT2D eigenvalue weighted by Crippen LogP contribution is 2.40. The van der Waals surface area contributed by atoms with Crippen molar-refractivity contribution in [3.8, 4) is 11.5 Å². The molecule has 0 radical (unpaired) electrons. The van der Waals surface area contributed by atoms with E-state index < -0.39 is 0 Å². The van der Waals surface area contributed by atoms with Crippen LogP contribution in [0.4, 0.5) is 0 Å². The average molecular weight is 468 g/mol. The van der Waals surface area contributed by atoms with Gasteiger partial charge in [0.25, 0.3) is 5.56 Å². The van der Waals surface area contributed by atoms with Crippen molar-refractivity contribution >= 4 is 28.2 Å². The zero-order chi connectivity index (χ0) is 23.5. The summed E-state index contributed by atoms with van der Waals surface area (Å²) in [6.07, 6.45) is 0.767. The normalized spacial score (nSPS) is 15.3. The molecular weight excluding hydrogens is 438 g/mol. The Morgan fingerprint density at radius 2 is 1.91 bits per heavy atom. The summed E-state index contributed by atoms with van der Waals surface area (Å²) in [5, 5.41) is 4.83. The van der Waals surface area contributed by atoms with Gasteiger partial charge in [-0.15, -0.1) is 0 Å². The van der Waals surface area contributed by atoms with Gasteiger partial charge in [0.1, 0.15) is 0 Å². The predicted octanol–water partition coefficient (Wildman–Crippen LogP) is 3.32. The molecular formula is C25H29N3O4S. The number of nitrogens with one attached hydrogen (secondary N) is 2. The SMILES string of the molecule is COCCNC(=S)N1CCc2cc(OC)c(OC)cc2[C@H]1c1cc2cccc(C)c2[nH]c1=O. The lowest BCUT2D eigenvalue weighted by Gasteiger charge is -2.39. The van der Waals surface area contributed by atoms with E-state index in [0.29, 0.717) is 41.9 Å². The smallest absolute Gasteiger partial charge is 0.254 e. The highest BCUT2D eigenvalue weighted by atomic mass is 32.1. The lowest BCUT2D eigenvalue weighted by atomic mass is 9.87. The van der Waals surface area contributed by atoms with Gasteiger partial charge in [0.2, 0.25) is 0 Å². The Bertz CT molecular complexity index is 1240. The van der Waals surface area contributed by atoms with Crippen molar-refractivity contribution in [2.45, 2.75) is 19.4 Å². The number of hydrogen-bond donors (Lipinski definition) is 2. The van der Waals surface area contributed by atoms with Crippen LogP contribution in [-0.4, -0.2) is 56.0 Å². The van der Waals surface area contributed by atoms with Crippen molar-refractivity contribution in [1.29, 1.82) is 0 Å². The van der Waals surface area contributed by atoms with E-state index in [9.17, 15) is 4.79 Å². The largest absolute Gasteiger partial charge is 0.493 e. The minimum Gasteiger partial charge on any atom is -0.493 e. The fourth-order valence-corrected chi connectivity index (χ4v) is 4.76. The molecule has 1 aliphatic rings. The van der Waals surface area contributed by atoms with E-state index in [1.165, 1.54) is 0 Å². The summed E-state index contributed by atoms with van der Waals surface area (Å²) < 4.78 is 16.3. The second-order valence-electron chi connectivity index (χ2n) is 8.07. The lowest BCUT2D eigenvalue weighted by molar-refractivity contribution is 0.202. The van der Waals surface area contributed by atoms with Gasteiger partial charge in [0.15, 0.2) is 16.6 Å². The van der Waals surface area contributed by atoms with Crippen LogP contribution in [-0.2, 0) is 11.2 Å². The molecule has 2 N–H and O–H groups in total. The molecule has 0 saturated heterocycles.